The Morgan fingerprint density at radius 1 is 1.09 bits per heavy atom. The van der Waals surface area contributed by atoms with Gasteiger partial charge in [-0.25, -0.2) is 4.98 Å². The molecular formula is C17H19N5. The zero-order valence-electron chi connectivity index (χ0n) is 12.4. The third kappa shape index (κ3) is 3.53. The lowest BCUT2D eigenvalue weighted by molar-refractivity contribution is 0.461. The quantitative estimate of drug-likeness (QED) is 0.896. The van der Waals surface area contributed by atoms with Gasteiger partial charge < -0.3 is 10.6 Å². The highest BCUT2D eigenvalue weighted by Gasteiger charge is 2.14. The number of nitrogens with zero attached hydrogens (tertiary/aromatic N) is 3. The van der Waals surface area contributed by atoms with Crippen LogP contribution in [0.15, 0.2) is 36.5 Å². The van der Waals surface area contributed by atoms with Crippen LogP contribution in [0.4, 0.5) is 17.5 Å². The lowest BCUT2D eigenvalue weighted by Crippen LogP contribution is -2.23. The third-order valence-electron chi connectivity index (χ3n) is 3.90. The number of rotatable bonds is 4. The number of aromatic nitrogens is 2. The maximum atomic E-state index is 9.13. The van der Waals surface area contributed by atoms with Crippen LogP contribution in [-0.4, -0.2) is 16.0 Å². The summed E-state index contributed by atoms with van der Waals surface area (Å²) in [6.45, 7) is 0. The molecule has 0 atom stereocenters. The van der Waals surface area contributed by atoms with Gasteiger partial charge in [0, 0.05) is 12.2 Å². The topological polar surface area (TPSA) is 73.6 Å². The van der Waals surface area contributed by atoms with Crippen LogP contribution in [0.3, 0.4) is 0 Å². The van der Waals surface area contributed by atoms with Crippen molar-refractivity contribution in [2.45, 2.75) is 38.1 Å². The molecule has 2 N–H and O–H groups in total. The second kappa shape index (κ2) is 6.90. The third-order valence-corrected chi connectivity index (χ3v) is 3.90. The van der Waals surface area contributed by atoms with Gasteiger partial charge in [-0.05, 0) is 31.0 Å². The van der Waals surface area contributed by atoms with Crippen LogP contribution in [0.5, 0.6) is 0 Å². The summed E-state index contributed by atoms with van der Waals surface area (Å²) in [6.07, 6.45) is 7.95. The fourth-order valence-corrected chi connectivity index (χ4v) is 2.75. The molecular weight excluding hydrogens is 274 g/mol. The van der Waals surface area contributed by atoms with Gasteiger partial charge in [-0.15, -0.1) is 0 Å². The van der Waals surface area contributed by atoms with Gasteiger partial charge in [0.15, 0.2) is 0 Å². The average molecular weight is 293 g/mol. The Morgan fingerprint density at radius 2 is 1.91 bits per heavy atom. The van der Waals surface area contributed by atoms with Gasteiger partial charge in [0.1, 0.15) is 11.9 Å². The van der Waals surface area contributed by atoms with Crippen molar-refractivity contribution >= 4 is 17.5 Å². The molecule has 3 rings (SSSR count). The number of benzene rings is 1. The van der Waals surface area contributed by atoms with Crippen LogP contribution in [0, 0.1) is 11.3 Å². The predicted octanol–water partition coefficient (Wildman–Crippen LogP) is 3.84. The monoisotopic (exact) mass is 293 g/mol. The SMILES string of the molecule is N#Cc1ccccc1Nc1ccnc(NC2CCCCC2)n1. The molecule has 1 aromatic carbocycles. The first kappa shape index (κ1) is 14.3. The molecule has 5 heteroatoms. The van der Waals surface area contributed by atoms with Crippen molar-refractivity contribution in [3.05, 3.63) is 42.1 Å². The zero-order valence-corrected chi connectivity index (χ0v) is 12.4. The highest BCUT2D eigenvalue weighted by molar-refractivity contribution is 5.64. The Labute approximate surface area is 130 Å². The highest BCUT2D eigenvalue weighted by Crippen LogP contribution is 2.22. The van der Waals surface area contributed by atoms with E-state index in [0.717, 1.165) is 5.69 Å². The standard InChI is InChI=1S/C17H19N5/c18-12-13-6-4-5-9-15(13)21-16-10-11-19-17(22-16)20-14-7-2-1-3-8-14/h4-6,9-11,14H,1-3,7-8H2,(H2,19,20,21,22). The summed E-state index contributed by atoms with van der Waals surface area (Å²) in [4.78, 5) is 8.79. The van der Waals surface area contributed by atoms with Crippen molar-refractivity contribution in [1.29, 1.82) is 5.26 Å². The van der Waals surface area contributed by atoms with E-state index in [1.165, 1.54) is 32.1 Å². The van der Waals surface area contributed by atoms with E-state index in [9.17, 15) is 0 Å². The second-order valence-corrected chi connectivity index (χ2v) is 5.53. The minimum atomic E-state index is 0.468. The molecule has 0 spiro atoms. The molecule has 0 bridgehead atoms. The van der Waals surface area contributed by atoms with Crippen LogP contribution in [0.25, 0.3) is 0 Å². The Kier molecular flexibility index (Phi) is 4.50. The van der Waals surface area contributed by atoms with Crippen molar-refractivity contribution in [3.8, 4) is 6.07 Å². The van der Waals surface area contributed by atoms with Crippen LogP contribution in [0.2, 0.25) is 0 Å². The van der Waals surface area contributed by atoms with Crippen molar-refractivity contribution in [2.75, 3.05) is 10.6 Å². The molecule has 1 aromatic heterocycles. The van der Waals surface area contributed by atoms with E-state index in [-0.39, 0.29) is 0 Å². The zero-order chi connectivity index (χ0) is 15.2. The molecule has 5 nitrogen and oxygen atoms in total. The van der Waals surface area contributed by atoms with Gasteiger partial charge in [-0.1, -0.05) is 31.4 Å². The highest BCUT2D eigenvalue weighted by atomic mass is 15.1. The molecule has 22 heavy (non-hydrogen) atoms. The van der Waals surface area contributed by atoms with Crippen molar-refractivity contribution in [3.63, 3.8) is 0 Å². The van der Waals surface area contributed by atoms with Crippen molar-refractivity contribution in [1.82, 2.24) is 9.97 Å². The molecule has 1 aliphatic rings. The minimum Gasteiger partial charge on any atom is -0.351 e. The molecule has 0 aliphatic heterocycles. The van der Waals surface area contributed by atoms with E-state index in [1.807, 2.05) is 18.2 Å². The van der Waals surface area contributed by atoms with Gasteiger partial charge in [-0.2, -0.15) is 10.2 Å². The summed E-state index contributed by atoms with van der Waals surface area (Å²) in [5.41, 5.74) is 1.36. The molecule has 0 amide bonds. The Bertz CT molecular complexity index is 671. The van der Waals surface area contributed by atoms with Gasteiger partial charge in [0.2, 0.25) is 5.95 Å². The molecule has 2 aromatic rings. The van der Waals surface area contributed by atoms with Gasteiger partial charge in [0.25, 0.3) is 0 Å². The van der Waals surface area contributed by atoms with Gasteiger partial charge in [0.05, 0.1) is 11.3 Å². The molecule has 1 aliphatic carbocycles. The Morgan fingerprint density at radius 3 is 2.73 bits per heavy atom. The number of anilines is 3. The van der Waals surface area contributed by atoms with E-state index in [1.54, 1.807) is 18.3 Å². The maximum Gasteiger partial charge on any atom is 0.224 e. The molecule has 1 fully saturated rings. The lowest BCUT2D eigenvalue weighted by atomic mass is 9.96. The number of hydrogen-bond donors (Lipinski definition) is 2. The fraction of sp³-hybridized carbons (Fsp3) is 0.353. The normalized spacial score (nSPS) is 15.0. The summed E-state index contributed by atoms with van der Waals surface area (Å²) in [7, 11) is 0. The predicted molar refractivity (Wildman–Crippen MR) is 87.0 cm³/mol. The van der Waals surface area contributed by atoms with E-state index in [2.05, 4.69) is 26.7 Å². The van der Waals surface area contributed by atoms with Crippen molar-refractivity contribution < 1.29 is 0 Å². The van der Waals surface area contributed by atoms with E-state index in [4.69, 9.17) is 5.26 Å². The van der Waals surface area contributed by atoms with E-state index >= 15 is 0 Å². The van der Waals surface area contributed by atoms with Crippen LogP contribution in [0.1, 0.15) is 37.7 Å². The molecule has 0 saturated heterocycles. The van der Waals surface area contributed by atoms with Crippen LogP contribution >= 0.6 is 0 Å². The van der Waals surface area contributed by atoms with Gasteiger partial charge >= 0.3 is 0 Å². The number of hydrogen-bond acceptors (Lipinski definition) is 5. The van der Waals surface area contributed by atoms with Crippen LogP contribution in [-0.2, 0) is 0 Å². The first-order chi connectivity index (χ1) is 10.8. The average Bonchev–Trinajstić information content (AvgIpc) is 2.57. The summed E-state index contributed by atoms with van der Waals surface area (Å²) in [5, 5.41) is 15.7. The first-order valence-corrected chi connectivity index (χ1v) is 7.71. The lowest BCUT2D eigenvalue weighted by Gasteiger charge is -2.22. The minimum absolute atomic E-state index is 0.468. The Hall–Kier alpha value is -2.61. The number of para-hydroxylation sites is 1. The van der Waals surface area contributed by atoms with Gasteiger partial charge in [-0.3, -0.25) is 0 Å². The van der Waals surface area contributed by atoms with Crippen molar-refractivity contribution in [2.24, 2.45) is 0 Å². The molecule has 0 radical (unpaired) electrons. The smallest absolute Gasteiger partial charge is 0.224 e. The van der Waals surface area contributed by atoms with Crippen LogP contribution < -0.4 is 10.6 Å². The summed E-state index contributed by atoms with van der Waals surface area (Å²) >= 11 is 0. The molecule has 112 valence electrons. The maximum absolute atomic E-state index is 9.13. The molecule has 1 heterocycles. The largest absolute Gasteiger partial charge is 0.351 e. The number of nitriles is 1. The fourth-order valence-electron chi connectivity index (χ4n) is 2.75. The van der Waals surface area contributed by atoms with E-state index in [0.29, 0.717) is 23.4 Å². The summed E-state index contributed by atoms with van der Waals surface area (Å²) < 4.78 is 0. The first-order valence-electron chi connectivity index (χ1n) is 7.71. The second-order valence-electron chi connectivity index (χ2n) is 5.53. The molecule has 0 unspecified atom stereocenters. The van der Waals surface area contributed by atoms with E-state index < -0.39 is 0 Å². The molecule has 1 saturated carbocycles. The summed E-state index contributed by atoms with van der Waals surface area (Å²) in [5.74, 6) is 1.34. The summed E-state index contributed by atoms with van der Waals surface area (Å²) in [6, 6.07) is 11.8. The Balaban J connectivity index is 1.72. The number of nitrogens with one attached hydrogen (secondary N) is 2.